The molecule has 3 aliphatic rings. The molecule has 0 spiro atoms. The molecular formula is C48H55F2N9O7. The molecule has 66 heavy (non-hydrogen) atoms. The summed E-state index contributed by atoms with van der Waals surface area (Å²) < 4.78 is 48.1. The number of carbonyl (C=O) groups excluding carboxylic acids is 4. The van der Waals surface area contributed by atoms with Crippen LogP contribution in [0.15, 0.2) is 85.2 Å². The van der Waals surface area contributed by atoms with E-state index in [0.29, 0.717) is 80.4 Å². The van der Waals surface area contributed by atoms with Gasteiger partial charge in [0.25, 0.3) is 11.8 Å². The molecule has 5 aromatic rings. The Hall–Kier alpha value is -6.82. The Balaban J connectivity index is 0.919. The molecule has 4 N–H and O–H groups in total. The van der Waals surface area contributed by atoms with Gasteiger partial charge in [0.1, 0.15) is 52.7 Å². The van der Waals surface area contributed by atoms with Crippen LogP contribution in [0.3, 0.4) is 0 Å². The van der Waals surface area contributed by atoms with Gasteiger partial charge < -0.3 is 49.5 Å². The van der Waals surface area contributed by atoms with Gasteiger partial charge in [0.05, 0.1) is 38.3 Å². The second-order valence-corrected chi connectivity index (χ2v) is 17.7. The zero-order valence-corrected chi connectivity index (χ0v) is 37.4. The van der Waals surface area contributed by atoms with E-state index in [-0.39, 0.29) is 42.1 Å². The van der Waals surface area contributed by atoms with Gasteiger partial charge in [0, 0.05) is 49.6 Å². The van der Waals surface area contributed by atoms with E-state index in [1.54, 1.807) is 90.2 Å². The topological polar surface area (TPSA) is 187 Å². The highest BCUT2D eigenvalue weighted by Gasteiger charge is 2.39. The van der Waals surface area contributed by atoms with Gasteiger partial charge >= 0.3 is 12.2 Å². The number of aromatic nitrogens is 4. The van der Waals surface area contributed by atoms with Gasteiger partial charge in [-0.1, -0.05) is 60.7 Å². The highest BCUT2D eigenvalue weighted by molar-refractivity contribution is 5.88. The minimum absolute atomic E-state index is 0.0149. The lowest BCUT2D eigenvalue weighted by atomic mass is 9.93. The fraction of sp³-hybridized carbons (Fsp3) is 0.417. The van der Waals surface area contributed by atoms with Gasteiger partial charge in [0.2, 0.25) is 0 Å². The summed E-state index contributed by atoms with van der Waals surface area (Å²) in [5.74, 6) is -1.05. The van der Waals surface area contributed by atoms with E-state index in [4.69, 9.17) is 14.2 Å². The van der Waals surface area contributed by atoms with Crippen LogP contribution >= 0.6 is 0 Å². The van der Waals surface area contributed by atoms with Gasteiger partial charge in [-0.15, -0.1) is 0 Å². The first-order valence-electron chi connectivity index (χ1n) is 22.2. The van der Waals surface area contributed by atoms with Crippen molar-refractivity contribution in [3.8, 4) is 11.3 Å². The molecule has 4 atom stereocenters. The summed E-state index contributed by atoms with van der Waals surface area (Å²) in [5.41, 5.74) is 1.84. The number of H-pyrrole nitrogens is 2. The Kier molecular flexibility index (Phi) is 13.7. The number of morpholine rings is 1. The largest absolute Gasteiger partial charge is 0.453 e. The predicted molar refractivity (Wildman–Crippen MR) is 239 cm³/mol. The first-order chi connectivity index (χ1) is 31.8. The number of piperidine rings is 1. The van der Waals surface area contributed by atoms with E-state index in [0.717, 1.165) is 5.69 Å². The van der Waals surface area contributed by atoms with Crippen LogP contribution in [-0.4, -0.2) is 106 Å². The number of anilines is 1. The number of halogens is 2. The van der Waals surface area contributed by atoms with E-state index < -0.39 is 53.6 Å². The zero-order valence-electron chi connectivity index (χ0n) is 37.4. The number of aromatic amines is 2. The maximum atomic E-state index is 16.0. The first kappa shape index (κ1) is 45.7. The maximum absolute atomic E-state index is 16.0. The summed E-state index contributed by atoms with van der Waals surface area (Å²) in [4.78, 5) is 74.2. The third-order valence-electron chi connectivity index (χ3n) is 12.2. The number of alkyl carbamates (subject to hydrolysis) is 2. The van der Waals surface area contributed by atoms with Crippen molar-refractivity contribution in [2.24, 2.45) is 0 Å². The number of hydrogen-bond acceptors (Lipinski definition) is 10. The SMILES string of the molecule is COC(=O)NC(C(=O)N1CCOCC1c1ncc(C2CCN(c3c(F)cc(-c4cnc(C5CCCN5C(=O)C(NC(=O)OC(C)(C)C)c5ccccc5)[nH]4)cc3F)CC2)[nH]1)c1ccccc1. The number of carbonyl (C=O) groups is 4. The molecule has 8 rings (SSSR count). The number of imidazole rings is 2. The van der Waals surface area contributed by atoms with Crippen molar-refractivity contribution in [1.82, 2.24) is 40.4 Å². The van der Waals surface area contributed by atoms with Crippen LogP contribution in [-0.2, 0) is 23.8 Å². The molecule has 3 aliphatic heterocycles. The number of likely N-dealkylation sites (tertiary alicyclic amines) is 1. The third-order valence-corrected chi connectivity index (χ3v) is 12.2. The Labute approximate surface area is 381 Å². The molecular weight excluding hydrogens is 853 g/mol. The number of methoxy groups -OCH3 is 1. The van der Waals surface area contributed by atoms with Crippen molar-refractivity contribution in [3.63, 3.8) is 0 Å². The van der Waals surface area contributed by atoms with Crippen LogP contribution in [0, 0.1) is 11.6 Å². The number of hydrogen-bond donors (Lipinski definition) is 4. The molecule has 0 bridgehead atoms. The first-order valence-corrected chi connectivity index (χ1v) is 22.2. The highest BCUT2D eigenvalue weighted by Crippen LogP contribution is 2.38. The Bertz CT molecular complexity index is 2480. The molecule has 3 fully saturated rings. The summed E-state index contributed by atoms with van der Waals surface area (Å²) >= 11 is 0. The number of amides is 4. The monoisotopic (exact) mass is 907 g/mol. The average Bonchev–Trinajstić information content (AvgIpc) is 4.12. The van der Waals surface area contributed by atoms with Gasteiger partial charge in [-0.05, 0) is 69.7 Å². The molecule has 2 aromatic heterocycles. The number of rotatable bonds is 11. The molecule has 4 amide bonds. The lowest BCUT2D eigenvalue weighted by molar-refractivity contribution is -0.143. The second kappa shape index (κ2) is 19.7. The molecule has 16 nitrogen and oxygen atoms in total. The van der Waals surface area contributed by atoms with Crippen LogP contribution in [0.4, 0.5) is 24.1 Å². The molecule has 0 saturated carbocycles. The maximum Gasteiger partial charge on any atom is 0.408 e. The fourth-order valence-corrected chi connectivity index (χ4v) is 9.03. The van der Waals surface area contributed by atoms with Gasteiger partial charge in [-0.2, -0.15) is 0 Å². The van der Waals surface area contributed by atoms with E-state index >= 15 is 8.78 Å². The van der Waals surface area contributed by atoms with E-state index in [9.17, 15) is 19.2 Å². The molecule has 0 aliphatic carbocycles. The van der Waals surface area contributed by atoms with Crippen molar-refractivity contribution in [2.75, 3.05) is 51.4 Å². The highest BCUT2D eigenvalue weighted by atomic mass is 19.1. The summed E-state index contributed by atoms with van der Waals surface area (Å²) in [6.45, 7) is 7.24. The molecule has 0 radical (unpaired) electrons. The standard InChI is InChI=1S/C48H55F2N9O7/c1-48(2,3)66-47(63)56-40(31-14-9-6-10-15-31)44(60)58-19-11-16-37(58)42-51-27-36(54-42)32-24-33(49)41(34(50)25-32)57-20-17-29(18-21-57)35-26-52-43(53-35)38-28-65-23-22-59(38)45(61)39(55-46(62)64-4)30-12-7-5-8-13-30/h5-10,12-15,24-27,29,37-40H,11,16-23,28H2,1-4H3,(H,51,54)(H,52,53)(H,55,62)(H,56,63). The number of ether oxygens (including phenoxy) is 3. The number of nitrogens with one attached hydrogen (secondary N) is 4. The van der Waals surface area contributed by atoms with E-state index in [1.165, 1.54) is 25.4 Å². The minimum atomic E-state index is -1.01. The summed E-state index contributed by atoms with van der Waals surface area (Å²) in [6.07, 6.45) is 4.27. The van der Waals surface area contributed by atoms with Crippen molar-refractivity contribution in [2.45, 2.75) is 82.1 Å². The number of nitrogens with zero attached hydrogens (tertiary/aromatic N) is 5. The smallest absolute Gasteiger partial charge is 0.408 e. The van der Waals surface area contributed by atoms with Crippen LogP contribution in [0.5, 0.6) is 0 Å². The molecule has 18 heteroatoms. The molecule has 348 valence electrons. The van der Waals surface area contributed by atoms with Crippen LogP contribution in [0.25, 0.3) is 11.3 Å². The quantitative estimate of drug-likeness (QED) is 0.104. The van der Waals surface area contributed by atoms with Crippen LogP contribution in [0.2, 0.25) is 0 Å². The number of benzene rings is 3. The van der Waals surface area contributed by atoms with E-state index in [1.807, 2.05) is 12.1 Å². The lowest BCUT2D eigenvalue weighted by Crippen LogP contribution is -2.49. The lowest BCUT2D eigenvalue weighted by Gasteiger charge is -2.37. The average molecular weight is 908 g/mol. The second-order valence-electron chi connectivity index (χ2n) is 17.7. The molecule has 5 heterocycles. The Morgan fingerprint density at radius 1 is 0.758 bits per heavy atom. The normalized spacial score (nSPS) is 19.0. The third kappa shape index (κ3) is 10.2. The summed E-state index contributed by atoms with van der Waals surface area (Å²) in [7, 11) is 1.24. The fourth-order valence-electron chi connectivity index (χ4n) is 9.03. The van der Waals surface area contributed by atoms with Crippen molar-refractivity contribution >= 4 is 29.7 Å². The molecule has 3 saturated heterocycles. The molecule has 4 unspecified atom stereocenters. The zero-order chi connectivity index (χ0) is 46.5. The van der Waals surface area contributed by atoms with Gasteiger partial charge in [-0.25, -0.2) is 28.3 Å². The molecule has 3 aromatic carbocycles. The van der Waals surface area contributed by atoms with Crippen molar-refractivity contribution < 1.29 is 42.2 Å². The summed E-state index contributed by atoms with van der Waals surface area (Å²) in [5, 5.41) is 5.42. The van der Waals surface area contributed by atoms with Gasteiger partial charge in [-0.3, -0.25) is 9.59 Å². The van der Waals surface area contributed by atoms with Crippen LogP contribution in [0.1, 0.15) is 105 Å². The van der Waals surface area contributed by atoms with Crippen molar-refractivity contribution in [1.29, 1.82) is 0 Å². The Morgan fingerprint density at radius 3 is 1.94 bits per heavy atom. The van der Waals surface area contributed by atoms with Crippen LogP contribution < -0.4 is 15.5 Å². The minimum Gasteiger partial charge on any atom is -0.453 e. The van der Waals surface area contributed by atoms with Gasteiger partial charge in [0.15, 0.2) is 0 Å². The van der Waals surface area contributed by atoms with E-state index in [2.05, 4.69) is 30.6 Å². The summed E-state index contributed by atoms with van der Waals surface area (Å²) in [6, 6.07) is 17.5. The predicted octanol–water partition coefficient (Wildman–Crippen LogP) is 7.39. The Morgan fingerprint density at radius 2 is 1.33 bits per heavy atom. The van der Waals surface area contributed by atoms with Crippen molar-refractivity contribution in [3.05, 3.63) is 125 Å².